The van der Waals surface area contributed by atoms with Crippen molar-refractivity contribution in [2.24, 2.45) is 0 Å². The third-order valence-corrected chi connectivity index (χ3v) is 5.24. The van der Waals surface area contributed by atoms with Crippen LogP contribution < -0.4 is 0 Å². The van der Waals surface area contributed by atoms with Gasteiger partial charge in [0.1, 0.15) is 17.2 Å². The molecular formula is C25H27FO5. The van der Waals surface area contributed by atoms with E-state index in [1.165, 1.54) is 12.1 Å². The van der Waals surface area contributed by atoms with Crippen LogP contribution >= 0.6 is 0 Å². The number of rotatable bonds is 8. The van der Waals surface area contributed by atoms with Gasteiger partial charge in [-0.2, -0.15) is 0 Å². The van der Waals surface area contributed by atoms with E-state index < -0.39 is 24.6 Å². The summed E-state index contributed by atoms with van der Waals surface area (Å²) in [6.45, 7) is 5.84. The summed E-state index contributed by atoms with van der Waals surface area (Å²) in [5.41, 5.74) is 3.86. The monoisotopic (exact) mass is 426 g/mol. The first kappa shape index (κ1) is 22.7. The van der Waals surface area contributed by atoms with Crippen LogP contribution in [0.3, 0.4) is 0 Å². The van der Waals surface area contributed by atoms with Gasteiger partial charge in [0.05, 0.1) is 18.6 Å². The van der Waals surface area contributed by atoms with Gasteiger partial charge < -0.3 is 19.7 Å². The van der Waals surface area contributed by atoms with Crippen LogP contribution in [-0.2, 0) is 4.79 Å². The van der Waals surface area contributed by atoms with E-state index in [4.69, 9.17) is 9.52 Å². The maximum atomic E-state index is 13.9. The van der Waals surface area contributed by atoms with Gasteiger partial charge in [-0.1, -0.05) is 44.2 Å². The number of aliphatic hydroxyl groups is 2. The second kappa shape index (κ2) is 9.45. The summed E-state index contributed by atoms with van der Waals surface area (Å²) < 4.78 is 20.0. The van der Waals surface area contributed by atoms with Crippen molar-refractivity contribution in [3.05, 3.63) is 65.2 Å². The van der Waals surface area contributed by atoms with E-state index in [9.17, 15) is 19.4 Å². The SMILES string of the molecule is Cc1cc(-c2c(C=C[C@@H](O)C[C@@H](O)CC(=O)O)oc3c(C(C)C)cccc23)ccc1F. The minimum Gasteiger partial charge on any atom is -0.481 e. The summed E-state index contributed by atoms with van der Waals surface area (Å²) in [5, 5.41) is 29.6. The molecule has 3 rings (SSSR count). The molecule has 0 saturated heterocycles. The highest BCUT2D eigenvalue weighted by Gasteiger charge is 2.19. The Bertz CT molecular complexity index is 1110. The number of halogens is 1. The zero-order valence-electron chi connectivity index (χ0n) is 17.8. The van der Waals surface area contributed by atoms with Gasteiger partial charge in [-0.3, -0.25) is 4.79 Å². The molecule has 3 N–H and O–H groups in total. The summed E-state index contributed by atoms with van der Waals surface area (Å²) in [6.07, 6.45) is 0.349. The lowest BCUT2D eigenvalue weighted by Gasteiger charge is -2.10. The second-order valence-electron chi connectivity index (χ2n) is 8.10. The fourth-order valence-corrected chi connectivity index (χ4v) is 3.67. The number of hydrogen-bond acceptors (Lipinski definition) is 4. The highest BCUT2D eigenvalue weighted by Crippen LogP contribution is 2.39. The van der Waals surface area contributed by atoms with Crippen LogP contribution in [0.5, 0.6) is 0 Å². The van der Waals surface area contributed by atoms with E-state index in [-0.39, 0.29) is 18.2 Å². The Labute approximate surface area is 180 Å². The molecular weight excluding hydrogens is 399 g/mol. The number of carboxylic acid groups (broad SMARTS) is 1. The van der Waals surface area contributed by atoms with Crippen LogP contribution in [0.4, 0.5) is 4.39 Å². The van der Waals surface area contributed by atoms with Gasteiger partial charge in [-0.05, 0) is 47.7 Å². The van der Waals surface area contributed by atoms with Gasteiger partial charge in [0.15, 0.2) is 0 Å². The average Bonchev–Trinajstić information content (AvgIpc) is 3.06. The predicted octanol–water partition coefficient (Wildman–Crippen LogP) is 5.27. The van der Waals surface area contributed by atoms with E-state index in [0.29, 0.717) is 11.3 Å². The number of carbonyl (C=O) groups is 1. The Balaban J connectivity index is 2.06. The number of para-hydroxylation sites is 1. The van der Waals surface area contributed by atoms with E-state index in [0.717, 1.165) is 27.7 Å². The Morgan fingerprint density at radius 3 is 2.58 bits per heavy atom. The van der Waals surface area contributed by atoms with Gasteiger partial charge in [0, 0.05) is 17.4 Å². The third-order valence-electron chi connectivity index (χ3n) is 5.24. The summed E-state index contributed by atoms with van der Waals surface area (Å²) in [6, 6.07) is 10.8. The molecule has 0 fully saturated rings. The predicted molar refractivity (Wildman–Crippen MR) is 118 cm³/mol. The molecule has 31 heavy (non-hydrogen) atoms. The molecule has 6 heteroatoms. The first-order valence-electron chi connectivity index (χ1n) is 10.3. The molecule has 0 aliphatic rings. The van der Waals surface area contributed by atoms with Crippen molar-refractivity contribution >= 4 is 23.0 Å². The van der Waals surface area contributed by atoms with E-state index in [2.05, 4.69) is 13.8 Å². The minimum atomic E-state index is -1.15. The Morgan fingerprint density at radius 1 is 1.19 bits per heavy atom. The molecule has 0 aliphatic heterocycles. The van der Waals surface area contributed by atoms with E-state index >= 15 is 0 Å². The molecule has 0 amide bonds. The number of furan rings is 1. The first-order valence-corrected chi connectivity index (χ1v) is 10.3. The Morgan fingerprint density at radius 2 is 1.94 bits per heavy atom. The number of fused-ring (bicyclic) bond motifs is 1. The summed E-state index contributed by atoms with van der Waals surface area (Å²) >= 11 is 0. The van der Waals surface area contributed by atoms with Crippen molar-refractivity contribution in [1.82, 2.24) is 0 Å². The van der Waals surface area contributed by atoms with Crippen molar-refractivity contribution in [2.75, 3.05) is 0 Å². The van der Waals surface area contributed by atoms with Crippen molar-refractivity contribution in [3.63, 3.8) is 0 Å². The highest BCUT2D eigenvalue weighted by molar-refractivity contribution is 5.99. The lowest BCUT2D eigenvalue weighted by molar-refractivity contribution is -0.139. The Kier molecular flexibility index (Phi) is 6.93. The summed E-state index contributed by atoms with van der Waals surface area (Å²) in [7, 11) is 0. The maximum absolute atomic E-state index is 13.9. The van der Waals surface area contributed by atoms with Crippen LogP contribution in [-0.4, -0.2) is 33.5 Å². The lowest BCUT2D eigenvalue weighted by Crippen LogP contribution is -2.19. The molecule has 164 valence electrons. The first-order chi connectivity index (χ1) is 14.7. The highest BCUT2D eigenvalue weighted by atomic mass is 19.1. The van der Waals surface area contributed by atoms with Crippen LogP contribution in [0.1, 0.15) is 49.5 Å². The molecule has 0 bridgehead atoms. The van der Waals surface area contributed by atoms with E-state index in [1.54, 1.807) is 25.1 Å². The van der Waals surface area contributed by atoms with Crippen LogP contribution in [0, 0.1) is 12.7 Å². The number of aliphatic hydroxyl groups excluding tert-OH is 2. The molecule has 5 nitrogen and oxygen atoms in total. The van der Waals surface area contributed by atoms with Crippen molar-refractivity contribution in [3.8, 4) is 11.1 Å². The van der Waals surface area contributed by atoms with Crippen molar-refractivity contribution in [2.45, 2.75) is 51.7 Å². The number of aliphatic carboxylic acids is 1. The standard InChI is InChI=1S/C25H27FO5/c1-14(2)19-5-4-6-20-24(16-7-9-21(26)15(3)11-16)22(31-25(19)20)10-8-17(27)12-18(28)13-23(29)30/h4-11,14,17-18,27-28H,12-13H2,1-3H3,(H,29,30)/t17-,18-/m1/s1. The lowest BCUT2D eigenvalue weighted by atomic mass is 9.96. The fourth-order valence-electron chi connectivity index (χ4n) is 3.67. The van der Waals surface area contributed by atoms with Crippen LogP contribution in [0.15, 0.2) is 46.9 Å². The number of hydrogen-bond donors (Lipinski definition) is 3. The molecule has 1 heterocycles. The van der Waals surface area contributed by atoms with Gasteiger partial charge in [0.25, 0.3) is 0 Å². The van der Waals surface area contributed by atoms with Gasteiger partial charge in [0.2, 0.25) is 0 Å². The molecule has 2 aromatic carbocycles. The topological polar surface area (TPSA) is 90.9 Å². The number of carboxylic acids is 1. The quantitative estimate of drug-likeness (QED) is 0.456. The zero-order chi connectivity index (χ0) is 22.7. The van der Waals surface area contributed by atoms with Crippen LogP contribution in [0.2, 0.25) is 0 Å². The van der Waals surface area contributed by atoms with Gasteiger partial charge in [-0.15, -0.1) is 0 Å². The summed E-state index contributed by atoms with van der Waals surface area (Å²) in [5.74, 6) is -0.692. The zero-order valence-corrected chi connectivity index (χ0v) is 17.8. The molecule has 0 unspecified atom stereocenters. The molecule has 2 atom stereocenters. The Hall–Kier alpha value is -2.96. The molecule has 0 saturated carbocycles. The van der Waals surface area contributed by atoms with Crippen LogP contribution in [0.25, 0.3) is 28.2 Å². The van der Waals surface area contributed by atoms with Gasteiger partial charge >= 0.3 is 5.97 Å². The van der Waals surface area contributed by atoms with Gasteiger partial charge in [-0.25, -0.2) is 4.39 Å². The largest absolute Gasteiger partial charge is 0.481 e. The molecule has 0 aliphatic carbocycles. The number of benzene rings is 2. The smallest absolute Gasteiger partial charge is 0.305 e. The van der Waals surface area contributed by atoms with Crippen molar-refractivity contribution in [1.29, 1.82) is 0 Å². The minimum absolute atomic E-state index is 0.106. The second-order valence-corrected chi connectivity index (χ2v) is 8.10. The maximum Gasteiger partial charge on any atom is 0.305 e. The van der Waals surface area contributed by atoms with E-state index in [1.807, 2.05) is 18.2 Å². The molecule has 3 aromatic rings. The average molecular weight is 426 g/mol. The molecule has 0 radical (unpaired) electrons. The molecule has 0 spiro atoms. The normalized spacial score (nSPS) is 13.9. The number of aryl methyl sites for hydroxylation is 1. The third kappa shape index (κ3) is 5.21. The summed E-state index contributed by atoms with van der Waals surface area (Å²) in [4.78, 5) is 10.7. The van der Waals surface area contributed by atoms with Crippen molar-refractivity contribution < 1.29 is 28.9 Å². The molecule has 1 aromatic heterocycles. The fraction of sp³-hybridized carbons (Fsp3) is 0.320.